The summed E-state index contributed by atoms with van der Waals surface area (Å²) in [6.45, 7) is 6.37. The van der Waals surface area contributed by atoms with Gasteiger partial charge in [-0.1, -0.05) is 246 Å². The first-order valence-corrected chi connectivity index (χ1v) is 29.9. The fourth-order valence-corrected chi connectivity index (χ4v) is 8.09. The fourth-order valence-electron chi connectivity index (χ4n) is 8.09. The van der Waals surface area contributed by atoms with Crippen molar-refractivity contribution < 1.29 is 28.6 Å². The summed E-state index contributed by atoms with van der Waals surface area (Å²) in [5, 5.41) is 0. The van der Waals surface area contributed by atoms with Crippen molar-refractivity contribution in [2.45, 2.75) is 277 Å². The lowest BCUT2D eigenvalue weighted by Gasteiger charge is -2.18. The number of allylic oxidation sites excluding steroid dienone is 18. The minimum absolute atomic E-state index is 0.0920. The summed E-state index contributed by atoms with van der Waals surface area (Å²) < 4.78 is 16.9. The second-order valence-corrected chi connectivity index (χ2v) is 19.5. The van der Waals surface area contributed by atoms with Crippen LogP contribution in [0.2, 0.25) is 0 Å². The molecular formula is C66H110O6. The Morgan fingerprint density at radius 3 is 0.931 bits per heavy atom. The van der Waals surface area contributed by atoms with E-state index >= 15 is 0 Å². The number of hydrogen-bond acceptors (Lipinski definition) is 6. The van der Waals surface area contributed by atoms with Crippen molar-refractivity contribution in [1.29, 1.82) is 0 Å². The molecule has 6 heteroatoms. The maximum absolute atomic E-state index is 12.9. The van der Waals surface area contributed by atoms with Crippen LogP contribution in [-0.4, -0.2) is 37.2 Å². The van der Waals surface area contributed by atoms with Crippen molar-refractivity contribution in [2.24, 2.45) is 0 Å². The van der Waals surface area contributed by atoms with E-state index in [9.17, 15) is 14.4 Å². The Morgan fingerprint density at radius 2 is 0.583 bits per heavy atom. The molecule has 0 radical (unpaired) electrons. The van der Waals surface area contributed by atoms with Gasteiger partial charge in [-0.2, -0.15) is 0 Å². The van der Waals surface area contributed by atoms with Crippen molar-refractivity contribution in [1.82, 2.24) is 0 Å². The lowest BCUT2D eigenvalue weighted by atomic mass is 10.1. The van der Waals surface area contributed by atoms with Gasteiger partial charge in [0, 0.05) is 19.3 Å². The normalized spacial score (nSPS) is 12.9. The van der Waals surface area contributed by atoms with E-state index < -0.39 is 6.10 Å². The smallest absolute Gasteiger partial charge is 0.306 e. The number of carbonyl (C=O) groups excluding carboxylic acids is 3. The molecule has 0 saturated carbocycles. The van der Waals surface area contributed by atoms with E-state index in [0.29, 0.717) is 19.3 Å². The molecule has 0 heterocycles. The minimum Gasteiger partial charge on any atom is -0.462 e. The van der Waals surface area contributed by atoms with Gasteiger partial charge in [-0.25, -0.2) is 0 Å². The van der Waals surface area contributed by atoms with Gasteiger partial charge in [0.25, 0.3) is 0 Å². The van der Waals surface area contributed by atoms with Crippen molar-refractivity contribution in [3.63, 3.8) is 0 Å². The molecule has 0 rings (SSSR count). The number of esters is 3. The van der Waals surface area contributed by atoms with Gasteiger partial charge in [-0.15, -0.1) is 0 Å². The summed E-state index contributed by atoms with van der Waals surface area (Å²) >= 11 is 0. The summed E-state index contributed by atoms with van der Waals surface area (Å²) in [5.74, 6) is -0.917. The first kappa shape index (κ1) is 68.1. The zero-order valence-electron chi connectivity index (χ0n) is 46.9. The second-order valence-electron chi connectivity index (χ2n) is 19.5. The van der Waals surface area contributed by atoms with Crippen LogP contribution < -0.4 is 0 Å². The van der Waals surface area contributed by atoms with E-state index in [2.05, 4.69) is 130 Å². The molecule has 0 bridgehead atoms. The molecule has 0 N–H and O–H groups in total. The molecule has 410 valence electrons. The number of carbonyl (C=O) groups is 3. The second kappa shape index (κ2) is 59.6. The predicted molar refractivity (Wildman–Crippen MR) is 311 cm³/mol. The highest BCUT2D eigenvalue weighted by atomic mass is 16.6. The quantitative estimate of drug-likeness (QED) is 0.0199. The first-order valence-electron chi connectivity index (χ1n) is 29.9. The third kappa shape index (κ3) is 57.0. The molecule has 1 atom stereocenters. The van der Waals surface area contributed by atoms with Crippen LogP contribution in [0.15, 0.2) is 109 Å². The Kier molecular flexibility index (Phi) is 56.4. The average Bonchev–Trinajstić information content (AvgIpc) is 3.38. The highest BCUT2D eigenvalue weighted by Crippen LogP contribution is 2.15. The summed E-state index contributed by atoms with van der Waals surface area (Å²) in [6, 6.07) is 0. The molecule has 1 unspecified atom stereocenters. The van der Waals surface area contributed by atoms with Crippen molar-refractivity contribution in [2.75, 3.05) is 13.2 Å². The largest absolute Gasteiger partial charge is 0.462 e. The van der Waals surface area contributed by atoms with E-state index in [4.69, 9.17) is 14.2 Å². The first-order chi connectivity index (χ1) is 35.5. The maximum atomic E-state index is 12.9. The summed E-state index contributed by atoms with van der Waals surface area (Å²) in [7, 11) is 0. The number of rotatable bonds is 53. The third-order valence-corrected chi connectivity index (χ3v) is 12.5. The van der Waals surface area contributed by atoms with Gasteiger partial charge in [0.2, 0.25) is 0 Å². The van der Waals surface area contributed by atoms with Gasteiger partial charge in [0.15, 0.2) is 6.10 Å². The number of ether oxygens (including phenoxy) is 3. The zero-order valence-corrected chi connectivity index (χ0v) is 46.9. The lowest BCUT2D eigenvalue weighted by molar-refractivity contribution is -0.167. The van der Waals surface area contributed by atoms with E-state index in [1.54, 1.807) is 0 Å². The van der Waals surface area contributed by atoms with E-state index in [0.717, 1.165) is 122 Å². The van der Waals surface area contributed by atoms with Crippen LogP contribution >= 0.6 is 0 Å². The van der Waals surface area contributed by atoms with Gasteiger partial charge >= 0.3 is 17.9 Å². The maximum Gasteiger partial charge on any atom is 0.306 e. The van der Waals surface area contributed by atoms with E-state index in [-0.39, 0.29) is 31.1 Å². The van der Waals surface area contributed by atoms with Crippen molar-refractivity contribution in [3.8, 4) is 0 Å². The SMILES string of the molecule is CC/C=C\C/C=C\C/C=C\C/C=C\CCCCCCCCC(=O)OCC(COC(=O)CCCCCCCC/C=C\C/C=C\C/C=C\CC)OC(=O)CCCCCCCCCCCC/C=C\C=C/CCCCC. The Bertz CT molecular complexity index is 1470. The summed E-state index contributed by atoms with van der Waals surface area (Å²) in [6.07, 6.45) is 80.7. The Morgan fingerprint density at radius 1 is 0.306 bits per heavy atom. The van der Waals surface area contributed by atoms with Crippen LogP contribution in [0.4, 0.5) is 0 Å². The van der Waals surface area contributed by atoms with Crippen LogP contribution in [0, 0.1) is 0 Å². The molecule has 0 aromatic heterocycles. The molecule has 0 aliphatic rings. The standard InChI is InChI=1S/C66H110O6/c1-4-7-10-13-16-19-22-25-28-31-33-35-38-41-44-47-50-53-56-59-65(68)71-62-63(61-70-64(67)58-55-52-49-46-43-40-37-30-27-24-21-18-15-12-9-6-3)72-66(69)60-57-54-51-48-45-42-39-36-34-32-29-26-23-20-17-14-11-8-5-2/h7,9-10,12,16-21,23,25-28,30,33,35,63H,4-6,8,11,13-15,22,24,29,31-32,34,36-62H2,1-3H3/b10-7-,12-9-,19-16-,20-17-,21-18-,26-23-,28-25-,30-27-,35-33-. The van der Waals surface area contributed by atoms with Gasteiger partial charge in [0.1, 0.15) is 13.2 Å². The van der Waals surface area contributed by atoms with Gasteiger partial charge < -0.3 is 14.2 Å². The van der Waals surface area contributed by atoms with Crippen LogP contribution in [0.25, 0.3) is 0 Å². The van der Waals surface area contributed by atoms with Crippen LogP contribution in [-0.2, 0) is 28.6 Å². The minimum atomic E-state index is -0.795. The highest BCUT2D eigenvalue weighted by Gasteiger charge is 2.19. The van der Waals surface area contributed by atoms with Crippen LogP contribution in [0.3, 0.4) is 0 Å². The topological polar surface area (TPSA) is 78.9 Å². The van der Waals surface area contributed by atoms with Gasteiger partial charge in [-0.3, -0.25) is 14.4 Å². The fraction of sp³-hybridized carbons (Fsp3) is 0.682. The summed E-state index contributed by atoms with van der Waals surface area (Å²) in [5.41, 5.74) is 0. The predicted octanol–water partition coefficient (Wildman–Crippen LogP) is 20.3. The summed E-state index contributed by atoms with van der Waals surface area (Å²) in [4.78, 5) is 38.3. The van der Waals surface area contributed by atoms with Gasteiger partial charge in [0.05, 0.1) is 0 Å². The third-order valence-electron chi connectivity index (χ3n) is 12.5. The van der Waals surface area contributed by atoms with Crippen LogP contribution in [0.1, 0.15) is 271 Å². The highest BCUT2D eigenvalue weighted by molar-refractivity contribution is 5.71. The molecule has 0 amide bonds. The average molecular weight is 1000 g/mol. The monoisotopic (exact) mass is 999 g/mol. The van der Waals surface area contributed by atoms with E-state index in [1.807, 2.05) is 0 Å². The number of unbranched alkanes of at least 4 members (excludes halogenated alkanes) is 25. The molecule has 0 spiro atoms. The van der Waals surface area contributed by atoms with E-state index in [1.165, 1.54) is 109 Å². The van der Waals surface area contributed by atoms with Gasteiger partial charge in [-0.05, 0) is 116 Å². The molecule has 0 aromatic carbocycles. The molecule has 0 aliphatic carbocycles. The lowest BCUT2D eigenvalue weighted by Crippen LogP contribution is -2.30. The molecular weight excluding hydrogens is 889 g/mol. The zero-order chi connectivity index (χ0) is 52.2. The Labute approximate surface area is 444 Å². The molecule has 72 heavy (non-hydrogen) atoms. The van der Waals surface area contributed by atoms with Crippen LogP contribution in [0.5, 0.6) is 0 Å². The van der Waals surface area contributed by atoms with Crippen molar-refractivity contribution in [3.05, 3.63) is 109 Å². The Hall–Kier alpha value is -3.93. The number of hydrogen-bond donors (Lipinski definition) is 0. The molecule has 0 saturated heterocycles. The Balaban J connectivity index is 4.44. The molecule has 0 fully saturated rings. The molecule has 0 aromatic rings. The molecule has 6 nitrogen and oxygen atoms in total. The molecule has 0 aliphatic heterocycles. The van der Waals surface area contributed by atoms with Crippen molar-refractivity contribution >= 4 is 17.9 Å².